The fourth-order valence-corrected chi connectivity index (χ4v) is 7.24. The van der Waals surface area contributed by atoms with E-state index in [4.69, 9.17) is 19.4 Å². The summed E-state index contributed by atoms with van der Waals surface area (Å²) in [6.07, 6.45) is 2.61. The van der Waals surface area contributed by atoms with Crippen molar-refractivity contribution in [1.82, 2.24) is 25.1 Å². The maximum atomic E-state index is 13.1. The highest BCUT2D eigenvalue weighted by atomic mass is 32.2. The van der Waals surface area contributed by atoms with E-state index in [2.05, 4.69) is 34.6 Å². The lowest BCUT2D eigenvalue weighted by Crippen LogP contribution is -2.41. The molecular weight excluding hydrogens is 606 g/mol. The van der Waals surface area contributed by atoms with Crippen LogP contribution in [0.25, 0.3) is 11.0 Å². The van der Waals surface area contributed by atoms with Gasteiger partial charge in [-0.2, -0.15) is 15.1 Å². The number of benzene rings is 2. The third-order valence-electron chi connectivity index (χ3n) is 8.44. The summed E-state index contributed by atoms with van der Waals surface area (Å²) in [5, 5.41) is 10.4. The number of anilines is 4. The summed E-state index contributed by atoms with van der Waals surface area (Å²) < 4.78 is 38.2. The third kappa shape index (κ3) is 5.95. The number of ether oxygens (including phenoxy) is 2. The van der Waals surface area contributed by atoms with Gasteiger partial charge >= 0.3 is 6.09 Å². The lowest BCUT2D eigenvalue weighted by atomic mass is 9.86. The van der Waals surface area contributed by atoms with Crippen LogP contribution in [0.5, 0.6) is 5.75 Å². The number of likely N-dealkylation sites (tertiary alicyclic amines) is 1. The Morgan fingerprint density at radius 3 is 2.54 bits per heavy atom. The normalized spacial score (nSPS) is 17.3. The molecule has 0 bridgehead atoms. The van der Waals surface area contributed by atoms with Crippen LogP contribution in [-0.4, -0.2) is 69.7 Å². The van der Waals surface area contributed by atoms with Crippen LogP contribution in [0, 0.1) is 6.92 Å². The van der Waals surface area contributed by atoms with Crippen molar-refractivity contribution in [2.24, 2.45) is 0 Å². The summed E-state index contributed by atoms with van der Waals surface area (Å²) >= 11 is 0. The summed E-state index contributed by atoms with van der Waals surface area (Å²) in [5.41, 5.74) is 3.56. The molecule has 2 N–H and O–H groups in total. The van der Waals surface area contributed by atoms with Gasteiger partial charge in [0.15, 0.2) is 21.7 Å². The van der Waals surface area contributed by atoms with Crippen molar-refractivity contribution in [2.75, 3.05) is 23.3 Å². The number of aromatic amines is 1. The summed E-state index contributed by atoms with van der Waals surface area (Å²) in [6, 6.07) is 11.0. The predicted molar refractivity (Wildman–Crippen MR) is 177 cm³/mol. The molecule has 0 aliphatic carbocycles. The van der Waals surface area contributed by atoms with Gasteiger partial charge in [0.2, 0.25) is 5.95 Å². The second kappa shape index (κ2) is 11.8. The van der Waals surface area contributed by atoms with Crippen LogP contribution in [0.15, 0.2) is 47.5 Å². The number of nitrogens with zero attached hydrogens (tertiary/aromatic N) is 5. The monoisotopic (exact) mass is 647 g/mol. The van der Waals surface area contributed by atoms with E-state index in [0.717, 1.165) is 29.8 Å². The molecule has 2 aliphatic rings. The highest BCUT2D eigenvalue weighted by molar-refractivity contribution is 7.92. The number of piperidine rings is 1. The Labute approximate surface area is 269 Å². The first-order valence-electron chi connectivity index (χ1n) is 15.6. The minimum absolute atomic E-state index is 0.199. The Morgan fingerprint density at radius 2 is 1.85 bits per heavy atom. The average molecular weight is 648 g/mol. The lowest BCUT2D eigenvalue weighted by Gasteiger charge is -2.34. The van der Waals surface area contributed by atoms with Crippen molar-refractivity contribution in [3.05, 3.63) is 53.7 Å². The van der Waals surface area contributed by atoms with Gasteiger partial charge in [0.25, 0.3) is 0 Å². The van der Waals surface area contributed by atoms with Gasteiger partial charge in [0.1, 0.15) is 17.2 Å². The van der Waals surface area contributed by atoms with E-state index in [-0.39, 0.29) is 16.9 Å². The van der Waals surface area contributed by atoms with E-state index < -0.39 is 26.9 Å². The molecule has 244 valence electrons. The molecule has 2 aliphatic heterocycles. The van der Waals surface area contributed by atoms with Crippen molar-refractivity contribution in [3.63, 3.8) is 0 Å². The summed E-state index contributed by atoms with van der Waals surface area (Å²) in [4.78, 5) is 26.2. The predicted octanol–water partition coefficient (Wildman–Crippen LogP) is 6.58. The number of nitrogens with one attached hydrogen (secondary N) is 2. The first-order chi connectivity index (χ1) is 21.7. The average Bonchev–Trinajstić information content (AvgIpc) is 3.59. The number of carbonyl (C=O) groups is 1. The Hall–Kier alpha value is -4.39. The van der Waals surface area contributed by atoms with Gasteiger partial charge in [-0.3, -0.25) is 10.00 Å². The summed E-state index contributed by atoms with van der Waals surface area (Å²) in [7, 11) is -3.56. The zero-order chi connectivity index (χ0) is 33.0. The smallest absolute Gasteiger partial charge is 0.410 e. The van der Waals surface area contributed by atoms with Gasteiger partial charge in [-0.05, 0) is 103 Å². The van der Waals surface area contributed by atoms with Crippen LogP contribution >= 0.6 is 0 Å². The Bertz CT molecular complexity index is 1890. The second-order valence-electron chi connectivity index (χ2n) is 13.2. The Balaban J connectivity index is 1.29. The van der Waals surface area contributed by atoms with E-state index in [1.807, 2.05) is 32.6 Å². The molecule has 0 radical (unpaired) electrons. The molecule has 1 atom stereocenters. The standard InChI is InChI=1S/C33H41N7O5S/c1-19(2)46(42,43)28-11-9-8-10-25(28)35-29-24-18-34-38-30(24)37-31(36-29)40-21(4)44-27-17-23(20(3)16-26(27)40)22-12-14-39(15-13-22)32(41)45-33(5,6)7/h8-11,16-19,21-22H,12-15H2,1-7H3,(H2,34,35,36,37,38). The van der Waals surface area contributed by atoms with Gasteiger partial charge in [-0.15, -0.1) is 0 Å². The van der Waals surface area contributed by atoms with E-state index in [0.29, 0.717) is 41.6 Å². The van der Waals surface area contributed by atoms with E-state index in [1.165, 1.54) is 5.56 Å². The number of rotatable bonds is 6. The fourth-order valence-electron chi connectivity index (χ4n) is 6.04. The second-order valence-corrected chi connectivity index (χ2v) is 15.7. The zero-order valence-corrected chi connectivity index (χ0v) is 28.1. The number of aryl methyl sites for hydroxylation is 1. The number of hydrogen-bond donors (Lipinski definition) is 2. The maximum absolute atomic E-state index is 13.1. The van der Waals surface area contributed by atoms with Gasteiger partial charge in [0, 0.05) is 13.1 Å². The SMILES string of the molecule is Cc1cc2c(cc1C1CCN(C(=O)OC(C)(C)C)CC1)OC(C)N2c1nc(Nc2ccccc2S(=O)(=O)C(C)C)c2cn[nH]c2n1. The van der Waals surface area contributed by atoms with Crippen molar-refractivity contribution in [1.29, 1.82) is 0 Å². The molecule has 2 aromatic carbocycles. The van der Waals surface area contributed by atoms with E-state index >= 15 is 0 Å². The van der Waals surface area contributed by atoms with Crippen LogP contribution in [0.3, 0.4) is 0 Å². The van der Waals surface area contributed by atoms with E-state index in [9.17, 15) is 13.2 Å². The first-order valence-corrected chi connectivity index (χ1v) is 17.2. The number of para-hydroxylation sites is 1. The molecule has 46 heavy (non-hydrogen) atoms. The Morgan fingerprint density at radius 1 is 1.13 bits per heavy atom. The molecule has 2 aromatic heterocycles. The molecule has 1 amide bonds. The number of aromatic nitrogens is 4. The van der Waals surface area contributed by atoms with Gasteiger partial charge in [-0.25, -0.2) is 13.2 Å². The van der Waals surface area contributed by atoms with Gasteiger partial charge < -0.3 is 19.7 Å². The molecule has 1 unspecified atom stereocenters. The van der Waals surface area contributed by atoms with Crippen LogP contribution in [-0.2, 0) is 14.6 Å². The molecule has 0 saturated carbocycles. The van der Waals surface area contributed by atoms with E-state index in [1.54, 1.807) is 49.2 Å². The van der Waals surface area contributed by atoms with Crippen molar-refractivity contribution in [2.45, 2.75) is 89.2 Å². The topological polar surface area (TPSA) is 143 Å². The number of carbonyl (C=O) groups excluding carboxylic acids is 1. The van der Waals surface area contributed by atoms with Crippen LogP contribution in [0.1, 0.15) is 71.4 Å². The van der Waals surface area contributed by atoms with Crippen LogP contribution < -0.4 is 15.0 Å². The lowest BCUT2D eigenvalue weighted by molar-refractivity contribution is 0.0204. The van der Waals surface area contributed by atoms with Gasteiger partial charge in [-0.1, -0.05) is 12.1 Å². The quantitative estimate of drug-likeness (QED) is 0.236. The molecular formula is C33H41N7O5S. The number of fused-ring (bicyclic) bond motifs is 2. The molecule has 6 rings (SSSR count). The van der Waals surface area contributed by atoms with Crippen molar-refractivity contribution >= 4 is 50.1 Å². The number of sulfone groups is 1. The molecule has 13 heteroatoms. The van der Waals surface area contributed by atoms with Crippen molar-refractivity contribution < 1.29 is 22.7 Å². The molecule has 1 saturated heterocycles. The minimum atomic E-state index is -3.56. The summed E-state index contributed by atoms with van der Waals surface area (Å²) in [5.74, 6) is 1.82. The summed E-state index contributed by atoms with van der Waals surface area (Å²) in [6.45, 7) is 14.3. The largest absolute Gasteiger partial charge is 0.468 e. The molecule has 12 nitrogen and oxygen atoms in total. The number of H-pyrrole nitrogens is 1. The number of amides is 1. The third-order valence-corrected chi connectivity index (χ3v) is 10.6. The van der Waals surface area contributed by atoms with Crippen LogP contribution in [0.4, 0.5) is 27.9 Å². The zero-order valence-electron chi connectivity index (χ0n) is 27.3. The highest BCUT2D eigenvalue weighted by Gasteiger charge is 2.35. The molecule has 4 heterocycles. The van der Waals surface area contributed by atoms with Gasteiger partial charge in [0.05, 0.1) is 33.1 Å². The maximum Gasteiger partial charge on any atom is 0.410 e. The molecule has 0 spiro atoms. The van der Waals surface area contributed by atoms with Crippen LogP contribution in [0.2, 0.25) is 0 Å². The van der Waals surface area contributed by atoms with Crippen molar-refractivity contribution in [3.8, 4) is 5.75 Å². The Kier molecular flexibility index (Phi) is 8.07. The fraction of sp³-hybridized carbons (Fsp3) is 0.455. The highest BCUT2D eigenvalue weighted by Crippen LogP contribution is 2.45. The molecule has 4 aromatic rings. The minimum Gasteiger partial charge on any atom is -0.468 e. The first kappa shape index (κ1) is 31.6. The molecule has 1 fully saturated rings. The number of hydrogen-bond acceptors (Lipinski definition) is 10.